The Labute approximate surface area is 220 Å². The Morgan fingerprint density at radius 3 is 2.37 bits per heavy atom. The number of carbonyl (C=O) groups is 2. The van der Waals surface area contributed by atoms with Gasteiger partial charge in [-0.05, 0) is 57.6 Å². The zero-order chi connectivity index (χ0) is 25.6. The molecular formula is C25H31Cl2N3O4S. The molecule has 190 valence electrons. The van der Waals surface area contributed by atoms with Crippen LogP contribution >= 0.6 is 35.0 Å². The van der Waals surface area contributed by atoms with E-state index in [1.165, 1.54) is 0 Å². The molecule has 35 heavy (non-hydrogen) atoms. The van der Waals surface area contributed by atoms with Gasteiger partial charge in [-0.25, -0.2) is 5.48 Å². The summed E-state index contributed by atoms with van der Waals surface area (Å²) in [5.41, 5.74) is 3.50. The number of nitrogens with zero attached hydrogens (tertiary/aromatic N) is 1. The van der Waals surface area contributed by atoms with Gasteiger partial charge in [0, 0.05) is 33.7 Å². The summed E-state index contributed by atoms with van der Waals surface area (Å²) in [7, 11) is 1.90. The van der Waals surface area contributed by atoms with E-state index < -0.39 is 17.6 Å². The minimum absolute atomic E-state index is 0.176. The molecule has 2 N–H and O–H groups in total. The third-order valence-electron chi connectivity index (χ3n) is 5.30. The van der Waals surface area contributed by atoms with Crippen LogP contribution in [0.2, 0.25) is 10.0 Å². The number of hydrogen-bond donors (Lipinski definition) is 2. The average molecular weight is 541 g/mol. The molecule has 2 aromatic rings. The standard InChI is InChI=1S/C25H31Cl2N3O4S/c1-25(2,3)34-29-23(31)21(28-24(32)22-14-35-15-30(22)4)12-16-8-10-17(11-9-16)33-13-18-19(26)6-5-7-20(18)27/h5-11,21-22H,12-15H2,1-4H3,(H,28,32)(H,29,31)/t21-,22+/m0/s1. The van der Waals surface area contributed by atoms with E-state index in [0.717, 1.165) is 11.4 Å². The predicted molar refractivity (Wildman–Crippen MR) is 141 cm³/mol. The monoisotopic (exact) mass is 539 g/mol. The fourth-order valence-electron chi connectivity index (χ4n) is 3.34. The third-order valence-corrected chi connectivity index (χ3v) is 7.15. The lowest BCUT2D eigenvalue weighted by Crippen LogP contribution is -2.53. The first-order valence-corrected chi connectivity index (χ1v) is 13.2. The molecule has 1 aliphatic rings. The van der Waals surface area contributed by atoms with Crippen LogP contribution in [-0.2, 0) is 27.5 Å². The first-order valence-electron chi connectivity index (χ1n) is 11.2. The van der Waals surface area contributed by atoms with Crippen molar-refractivity contribution in [2.45, 2.75) is 51.5 Å². The average Bonchev–Trinajstić information content (AvgIpc) is 3.23. The quantitative estimate of drug-likeness (QED) is 0.458. The van der Waals surface area contributed by atoms with Crippen LogP contribution in [0.15, 0.2) is 42.5 Å². The van der Waals surface area contributed by atoms with Crippen molar-refractivity contribution in [2.75, 3.05) is 18.7 Å². The van der Waals surface area contributed by atoms with Crippen LogP contribution in [0, 0.1) is 0 Å². The summed E-state index contributed by atoms with van der Waals surface area (Å²) in [5, 5.41) is 3.99. The van der Waals surface area contributed by atoms with E-state index in [1.807, 2.05) is 57.0 Å². The second-order valence-corrected chi connectivity index (χ2v) is 11.2. The molecule has 0 radical (unpaired) electrons. The van der Waals surface area contributed by atoms with Gasteiger partial charge in [0.15, 0.2) is 0 Å². The molecule has 10 heteroatoms. The van der Waals surface area contributed by atoms with Gasteiger partial charge in [0.1, 0.15) is 18.4 Å². The molecule has 2 aromatic carbocycles. The lowest BCUT2D eigenvalue weighted by atomic mass is 10.0. The van der Waals surface area contributed by atoms with Crippen molar-refractivity contribution in [3.63, 3.8) is 0 Å². The Hall–Kier alpha value is -1.97. The molecule has 1 heterocycles. The Balaban J connectivity index is 1.66. The van der Waals surface area contributed by atoms with E-state index in [4.69, 9.17) is 32.8 Å². The highest BCUT2D eigenvalue weighted by Crippen LogP contribution is 2.26. The molecule has 0 saturated carbocycles. The van der Waals surface area contributed by atoms with Crippen LogP contribution in [0.25, 0.3) is 0 Å². The molecule has 0 aromatic heterocycles. The molecular weight excluding hydrogens is 509 g/mol. The van der Waals surface area contributed by atoms with Crippen molar-refractivity contribution in [1.82, 2.24) is 15.7 Å². The van der Waals surface area contributed by atoms with E-state index in [1.54, 1.807) is 30.0 Å². The second kappa shape index (κ2) is 12.3. The largest absolute Gasteiger partial charge is 0.489 e. The summed E-state index contributed by atoms with van der Waals surface area (Å²) < 4.78 is 5.84. The highest BCUT2D eigenvalue weighted by molar-refractivity contribution is 7.99. The number of amides is 2. The summed E-state index contributed by atoms with van der Waals surface area (Å²) in [6.45, 7) is 5.73. The van der Waals surface area contributed by atoms with Gasteiger partial charge >= 0.3 is 0 Å². The minimum atomic E-state index is -0.794. The molecule has 1 fully saturated rings. The molecule has 2 amide bonds. The van der Waals surface area contributed by atoms with Gasteiger partial charge in [-0.2, -0.15) is 0 Å². The van der Waals surface area contributed by atoms with E-state index in [0.29, 0.717) is 33.5 Å². The van der Waals surface area contributed by atoms with Gasteiger partial charge < -0.3 is 10.1 Å². The number of carbonyl (C=O) groups excluding carboxylic acids is 2. The zero-order valence-corrected chi connectivity index (χ0v) is 22.6. The number of likely N-dealkylation sites (N-methyl/N-ethyl adjacent to an activating group) is 1. The van der Waals surface area contributed by atoms with Gasteiger partial charge in [-0.1, -0.05) is 41.4 Å². The van der Waals surface area contributed by atoms with E-state index in [-0.39, 0.29) is 18.6 Å². The number of benzene rings is 2. The maximum absolute atomic E-state index is 12.9. The number of rotatable bonds is 9. The van der Waals surface area contributed by atoms with Crippen molar-refractivity contribution >= 4 is 46.8 Å². The molecule has 0 spiro atoms. The first kappa shape index (κ1) is 27.6. The molecule has 7 nitrogen and oxygen atoms in total. The van der Waals surface area contributed by atoms with Gasteiger partial charge in [0.05, 0.1) is 11.6 Å². The molecule has 1 aliphatic heterocycles. The fourth-order valence-corrected chi connectivity index (χ4v) is 5.05. The molecule has 0 bridgehead atoms. The summed E-state index contributed by atoms with van der Waals surface area (Å²) in [6.07, 6.45) is 0.297. The maximum atomic E-state index is 12.9. The number of ether oxygens (including phenoxy) is 1. The number of hydroxylamine groups is 1. The van der Waals surface area contributed by atoms with Crippen molar-refractivity contribution < 1.29 is 19.2 Å². The van der Waals surface area contributed by atoms with Gasteiger partial charge in [-0.3, -0.25) is 19.3 Å². The Morgan fingerprint density at radius 1 is 1.14 bits per heavy atom. The lowest BCUT2D eigenvalue weighted by Gasteiger charge is -2.25. The SMILES string of the molecule is CN1CSC[C@@H]1C(=O)N[C@@H](Cc1ccc(OCc2c(Cl)cccc2Cl)cc1)C(=O)NOC(C)(C)C. The fraction of sp³-hybridized carbons (Fsp3) is 0.440. The van der Waals surface area contributed by atoms with Crippen LogP contribution in [-0.4, -0.2) is 53.1 Å². The smallest absolute Gasteiger partial charge is 0.266 e. The highest BCUT2D eigenvalue weighted by Gasteiger charge is 2.32. The summed E-state index contributed by atoms with van der Waals surface area (Å²) in [5.74, 6) is 1.52. The topological polar surface area (TPSA) is 79.9 Å². The maximum Gasteiger partial charge on any atom is 0.266 e. The van der Waals surface area contributed by atoms with Crippen LogP contribution in [0.3, 0.4) is 0 Å². The van der Waals surface area contributed by atoms with Crippen molar-refractivity contribution in [1.29, 1.82) is 0 Å². The van der Waals surface area contributed by atoms with Crippen molar-refractivity contribution in [3.8, 4) is 5.75 Å². The van der Waals surface area contributed by atoms with E-state index >= 15 is 0 Å². The Morgan fingerprint density at radius 2 is 1.80 bits per heavy atom. The second-order valence-electron chi connectivity index (χ2n) is 9.35. The van der Waals surface area contributed by atoms with Gasteiger partial charge in [-0.15, -0.1) is 11.8 Å². The number of halogens is 2. The molecule has 1 saturated heterocycles. The molecule has 3 rings (SSSR count). The Kier molecular flexibility index (Phi) is 9.72. The van der Waals surface area contributed by atoms with Crippen LogP contribution in [0.5, 0.6) is 5.75 Å². The first-order chi connectivity index (χ1) is 16.5. The normalized spacial score (nSPS) is 17.1. The Bertz CT molecular complexity index is 1010. The summed E-state index contributed by atoms with van der Waals surface area (Å²) >= 11 is 14.1. The van der Waals surface area contributed by atoms with Gasteiger partial charge in [0.25, 0.3) is 5.91 Å². The van der Waals surface area contributed by atoms with E-state index in [9.17, 15) is 9.59 Å². The summed E-state index contributed by atoms with van der Waals surface area (Å²) in [6, 6.07) is 11.6. The predicted octanol–water partition coefficient (Wildman–Crippen LogP) is 4.45. The zero-order valence-electron chi connectivity index (χ0n) is 20.3. The van der Waals surface area contributed by atoms with Crippen molar-refractivity contribution in [3.05, 3.63) is 63.6 Å². The van der Waals surface area contributed by atoms with Crippen molar-refractivity contribution in [2.24, 2.45) is 0 Å². The number of hydrogen-bond acceptors (Lipinski definition) is 6. The van der Waals surface area contributed by atoms with E-state index in [2.05, 4.69) is 10.8 Å². The number of nitrogens with one attached hydrogen (secondary N) is 2. The number of thioether (sulfide) groups is 1. The van der Waals surface area contributed by atoms with Crippen LogP contribution in [0.1, 0.15) is 31.9 Å². The third kappa shape index (κ3) is 8.29. The molecule has 0 unspecified atom stereocenters. The molecule has 2 atom stereocenters. The highest BCUT2D eigenvalue weighted by atomic mass is 35.5. The molecule has 0 aliphatic carbocycles. The minimum Gasteiger partial charge on any atom is -0.489 e. The summed E-state index contributed by atoms with van der Waals surface area (Å²) in [4.78, 5) is 33.2. The lowest BCUT2D eigenvalue weighted by molar-refractivity contribution is -0.149. The van der Waals surface area contributed by atoms with Gasteiger partial charge in [0.2, 0.25) is 5.91 Å². The van der Waals surface area contributed by atoms with Crippen LogP contribution in [0.4, 0.5) is 0 Å². The van der Waals surface area contributed by atoms with Crippen LogP contribution < -0.4 is 15.5 Å².